The van der Waals surface area contributed by atoms with Crippen LogP contribution in [-0.4, -0.2) is 42.3 Å². The van der Waals surface area contributed by atoms with Gasteiger partial charge in [0.05, 0.1) is 35.3 Å². The molecular formula is C24H21Cl2N3O4. The molecule has 1 spiro atoms. The molecule has 0 aliphatic carbocycles. The Labute approximate surface area is 200 Å². The van der Waals surface area contributed by atoms with Crippen molar-refractivity contribution in [1.29, 1.82) is 0 Å². The summed E-state index contributed by atoms with van der Waals surface area (Å²) in [5.74, 6) is -2.17. The van der Waals surface area contributed by atoms with Gasteiger partial charge in [-0.3, -0.25) is 19.3 Å². The summed E-state index contributed by atoms with van der Waals surface area (Å²) in [6, 6.07) is 8.32. The maximum atomic E-state index is 14.1. The number of halogens is 2. The van der Waals surface area contributed by atoms with Crippen molar-refractivity contribution >= 4 is 52.3 Å². The number of amides is 3. The van der Waals surface area contributed by atoms with Crippen LogP contribution in [0, 0.1) is 18.8 Å². The molecule has 6 rings (SSSR count). The number of nitrogens with one attached hydrogen (secondary N) is 1. The Hall–Kier alpha value is -2.61. The van der Waals surface area contributed by atoms with E-state index in [4.69, 9.17) is 27.9 Å². The summed E-state index contributed by atoms with van der Waals surface area (Å²) in [5.41, 5.74) is 1.12. The van der Waals surface area contributed by atoms with Crippen LogP contribution in [0.25, 0.3) is 0 Å². The average molecular weight is 486 g/mol. The number of fused-ring (bicyclic) bond motifs is 7. The summed E-state index contributed by atoms with van der Waals surface area (Å²) in [6.45, 7) is 2.54. The standard InChI is InChI=1S/C24H21Cl2N3O4/c1-11-8-13-20(14(26)9-11)27-23(32)24(13)19-18(15-4-3-7-28(15)24)21(30)29(22(19)31)16-10-12(25)5-6-17(16)33-2/h5-6,8-10,15,18-19H,3-4,7H2,1-2H3,(H,27,32)/t15-,18+,19-,24+/m1/s1. The third kappa shape index (κ3) is 2.47. The van der Waals surface area contributed by atoms with Crippen LogP contribution < -0.4 is 15.0 Å². The first kappa shape index (κ1) is 21.0. The smallest absolute Gasteiger partial charge is 0.250 e. The fourth-order valence-electron chi connectivity index (χ4n) is 6.47. The van der Waals surface area contributed by atoms with Crippen LogP contribution in [0.15, 0.2) is 30.3 Å². The lowest BCUT2D eigenvalue weighted by Crippen LogP contribution is -2.54. The Morgan fingerprint density at radius 3 is 2.67 bits per heavy atom. The molecule has 0 aromatic heterocycles. The Kier molecular flexibility index (Phi) is 4.41. The largest absolute Gasteiger partial charge is 0.495 e. The van der Waals surface area contributed by atoms with Gasteiger partial charge in [0.15, 0.2) is 0 Å². The number of aryl methyl sites for hydroxylation is 1. The first-order chi connectivity index (χ1) is 15.8. The molecular weight excluding hydrogens is 465 g/mol. The van der Waals surface area contributed by atoms with Crippen molar-refractivity contribution in [3.05, 3.63) is 51.5 Å². The van der Waals surface area contributed by atoms with Crippen LogP contribution in [0.5, 0.6) is 5.75 Å². The SMILES string of the molecule is COc1ccc(Cl)cc1N1C(=O)[C@H]2[C@H]3CCCN3[C@]3(C(=O)Nc4c(Cl)cc(C)cc43)[C@H]2C1=O. The Bertz CT molecular complexity index is 1260. The van der Waals surface area contributed by atoms with E-state index in [9.17, 15) is 14.4 Å². The molecule has 4 heterocycles. The van der Waals surface area contributed by atoms with Gasteiger partial charge in [-0.2, -0.15) is 0 Å². The van der Waals surface area contributed by atoms with Gasteiger partial charge in [0.25, 0.3) is 5.91 Å². The fraction of sp³-hybridized carbons (Fsp3) is 0.375. The van der Waals surface area contributed by atoms with Crippen LogP contribution in [0.1, 0.15) is 24.0 Å². The molecule has 4 atom stereocenters. The monoisotopic (exact) mass is 485 g/mol. The summed E-state index contributed by atoms with van der Waals surface area (Å²) in [6.07, 6.45) is 1.59. The molecule has 0 unspecified atom stereocenters. The Morgan fingerprint density at radius 2 is 1.91 bits per heavy atom. The van der Waals surface area contributed by atoms with Crippen molar-refractivity contribution in [2.45, 2.75) is 31.3 Å². The number of carbonyl (C=O) groups is 3. The predicted molar refractivity (Wildman–Crippen MR) is 124 cm³/mol. The Balaban J connectivity index is 1.58. The number of methoxy groups -OCH3 is 1. The minimum Gasteiger partial charge on any atom is -0.495 e. The van der Waals surface area contributed by atoms with Crippen molar-refractivity contribution in [2.75, 3.05) is 23.9 Å². The van der Waals surface area contributed by atoms with Crippen molar-refractivity contribution in [3.8, 4) is 5.75 Å². The van der Waals surface area contributed by atoms with Gasteiger partial charge >= 0.3 is 0 Å². The summed E-state index contributed by atoms with van der Waals surface area (Å²) in [4.78, 5) is 44.9. The molecule has 0 radical (unpaired) electrons. The topological polar surface area (TPSA) is 79.0 Å². The first-order valence-corrected chi connectivity index (χ1v) is 11.7. The number of imide groups is 1. The Morgan fingerprint density at radius 1 is 1.12 bits per heavy atom. The zero-order valence-electron chi connectivity index (χ0n) is 18.0. The van der Waals surface area contributed by atoms with Crippen LogP contribution >= 0.6 is 23.2 Å². The molecule has 3 fully saturated rings. The van der Waals surface area contributed by atoms with E-state index >= 15 is 0 Å². The summed E-state index contributed by atoms with van der Waals surface area (Å²) < 4.78 is 5.43. The number of ether oxygens (including phenoxy) is 1. The average Bonchev–Trinajstić information content (AvgIpc) is 3.47. The second kappa shape index (κ2) is 6.95. The van der Waals surface area contributed by atoms with Crippen LogP contribution in [-0.2, 0) is 19.9 Å². The van der Waals surface area contributed by atoms with E-state index in [1.54, 1.807) is 24.3 Å². The molecule has 7 nitrogen and oxygen atoms in total. The maximum Gasteiger partial charge on any atom is 0.250 e. The highest BCUT2D eigenvalue weighted by Gasteiger charge is 2.75. The molecule has 170 valence electrons. The van der Waals surface area contributed by atoms with Gasteiger partial charge in [-0.05, 0) is 56.1 Å². The number of carbonyl (C=O) groups excluding carboxylic acids is 3. The zero-order valence-corrected chi connectivity index (χ0v) is 19.5. The fourth-order valence-corrected chi connectivity index (χ4v) is 6.96. The number of anilines is 2. The van der Waals surface area contributed by atoms with E-state index in [1.165, 1.54) is 12.0 Å². The molecule has 2 aromatic rings. The predicted octanol–water partition coefficient (Wildman–Crippen LogP) is 3.74. The molecule has 1 N–H and O–H groups in total. The van der Waals surface area contributed by atoms with Gasteiger partial charge in [0.1, 0.15) is 11.3 Å². The second-order valence-electron chi connectivity index (χ2n) is 9.12. The van der Waals surface area contributed by atoms with E-state index in [0.29, 0.717) is 39.3 Å². The van der Waals surface area contributed by atoms with E-state index in [1.807, 2.05) is 13.0 Å². The van der Waals surface area contributed by atoms with E-state index in [-0.39, 0.29) is 17.9 Å². The molecule has 3 amide bonds. The molecule has 33 heavy (non-hydrogen) atoms. The highest BCUT2D eigenvalue weighted by Crippen LogP contribution is 2.61. The lowest BCUT2D eigenvalue weighted by Gasteiger charge is -2.37. The van der Waals surface area contributed by atoms with Crippen LogP contribution in [0.4, 0.5) is 11.4 Å². The van der Waals surface area contributed by atoms with E-state index in [0.717, 1.165) is 18.4 Å². The lowest BCUT2D eigenvalue weighted by atomic mass is 9.75. The second-order valence-corrected chi connectivity index (χ2v) is 9.97. The third-order valence-electron chi connectivity index (χ3n) is 7.58. The summed E-state index contributed by atoms with van der Waals surface area (Å²) in [7, 11) is 1.48. The van der Waals surface area contributed by atoms with Gasteiger partial charge in [0, 0.05) is 16.6 Å². The number of rotatable bonds is 2. The zero-order chi connectivity index (χ0) is 23.2. The number of nitrogens with zero attached hydrogens (tertiary/aromatic N) is 2. The van der Waals surface area contributed by atoms with Gasteiger partial charge in [-0.1, -0.05) is 29.3 Å². The number of benzene rings is 2. The highest BCUT2D eigenvalue weighted by atomic mass is 35.5. The number of hydrogen-bond acceptors (Lipinski definition) is 5. The molecule has 0 saturated carbocycles. The van der Waals surface area contributed by atoms with Crippen molar-refractivity contribution in [1.82, 2.24) is 4.90 Å². The van der Waals surface area contributed by atoms with E-state index in [2.05, 4.69) is 10.2 Å². The van der Waals surface area contributed by atoms with Crippen molar-refractivity contribution < 1.29 is 19.1 Å². The maximum absolute atomic E-state index is 14.1. The molecule has 9 heteroatoms. The normalized spacial score (nSPS) is 30.1. The summed E-state index contributed by atoms with van der Waals surface area (Å²) >= 11 is 12.7. The van der Waals surface area contributed by atoms with Gasteiger partial charge in [-0.15, -0.1) is 0 Å². The van der Waals surface area contributed by atoms with E-state index < -0.39 is 23.3 Å². The van der Waals surface area contributed by atoms with Gasteiger partial charge < -0.3 is 10.1 Å². The number of hydrogen-bond donors (Lipinski definition) is 1. The van der Waals surface area contributed by atoms with Crippen LogP contribution in [0.3, 0.4) is 0 Å². The van der Waals surface area contributed by atoms with Crippen molar-refractivity contribution in [2.24, 2.45) is 11.8 Å². The summed E-state index contributed by atoms with van der Waals surface area (Å²) in [5, 5.41) is 3.74. The molecule has 4 aliphatic rings. The third-order valence-corrected chi connectivity index (χ3v) is 8.11. The quantitative estimate of drug-likeness (QED) is 0.655. The molecule has 0 bridgehead atoms. The van der Waals surface area contributed by atoms with Gasteiger partial charge in [0.2, 0.25) is 11.8 Å². The molecule has 4 aliphatic heterocycles. The van der Waals surface area contributed by atoms with Crippen LogP contribution in [0.2, 0.25) is 10.0 Å². The molecule has 2 aromatic carbocycles. The lowest BCUT2D eigenvalue weighted by molar-refractivity contribution is -0.135. The minimum absolute atomic E-state index is 0.211. The molecule has 3 saturated heterocycles. The van der Waals surface area contributed by atoms with Crippen molar-refractivity contribution in [3.63, 3.8) is 0 Å². The highest BCUT2D eigenvalue weighted by molar-refractivity contribution is 6.35. The first-order valence-electron chi connectivity index (χ1n) is 10.9. The minimum atomic E-state index is -1.27. The van der Waals surface area contributed by atoms with Gasteiger partial charge in [-0.25, -0.2) is 4.90 Å².